The number of carbonyl (C=O) groups is 2. The molecule has 142 valence electrons. The second-order valence-corrected chi connectivity index (χ2v) is 6.48. The molecule has 0 saturated carbocycles. The maximum Gasteiger partial charge on any atom is 0.258 e. The number of unbranched alkanes of at least 4 members (excludes halogenated alkanes) is 1. The molecule has 2 amide bonds. The highest BCUT2D eigenvalue weighted by Crippen LogP contribution is 2.18. The molecule has 2 rings (SSSR count). The standard InChI is InChI=1S/C21H25N3O2S/c1-3-5-11-19(25)23-21(27)22-17-14-12-16(13-15-17)20(26)24(4-2)18-9-7-6-8-10-18/h6-10,12-15H,3-5,11H2,1-2H3,(H2,22,23,25,27). The van der Waals surface area contributed by atoms with Gasteiger partial charge in [0.15, 0.2) is 5.11 Å². The Balaban J connectivity index is 1.98. The summed E-state index contributed by atoms with van der Waals surface area (Å²) >= 11 is 5.15. The summed E-state index contributed by atoms with van der Waals surface area (Å²) in [7, 11) is 0. The fraction of sp³-hybridized carbons (Fsp3) is 0.286. The van der Waals surface area contributed by atoms with Gasteiger partial charge in [0, 0.05) is 29.9 Å². The Morgan fingerprint density at radius 2 is 1.67 bits per heavy atom. The lowest BCUT2D eigenvalue weighted by atomic mass is 10.1. The molecule has 2 aromatic rings. The monoisotopic (exact) mass is 383 g/mol. The number of rotatable bonds is 7. The average molecular weight is 384 g/mol. The van der Waals surface area contributed by atoms with Gasteiger partial charge in [-0.15, -0.1) is 0 Å². The molecule has 0 aromatic heterocycles. The third-order valence-corrected chi connectivity index (χ3v) is 4.23. The van der Waals surface area contributed by atoms with Crippen molar-refractivity contribution in [2.24, 2.45) is 0 Å². The number of nitrogens with zero attached hydrogens (tertiary/aromatic N) is 1. The van der Waals surface area contributed by atoms with Crippen LogP contribution in [0.2, 0.25) is 0 Å². The average Bonchev–Trinajstić information content (AvgIpc) is 2.68. The van der Waals surface area contributed by atoms with Gasteiger partial charge in [-0.2, -0.15) is 0 Å². The van der Waals surface area contributed by atoms with E-state index in [-0.39, 0.29) is 16.9 Å². The van der Waals surface area contributed by atoms with Crippen LogP contribution < -0.4 is 15.5 Å². The number of carbonyl (C=O) groups excluding carboxylic acids is 2. The zero-order chi connectivity index (χ0) is 19.6. The predicted octanol–water partition coefficient (Wildman–Crippen LogP) is 4.36. The quantitative estimate of drug-likeness (QED) is 0.698. The largest absolute Gasteiger partial charge is 0.332 e. The Bertz CT molecular complexity index is 776. The van der Waals surface area contributed by atoms with E-state index < -0.39 is 0 Å². The molecule has 0 atom stereocenters. The minimum atomic E-state index is -0.0948. The molecular weight excluding hydrogens is 358 g/mol. The first-order valence-corrected chi connectivity index (χ1v) is 9.53. The number of thiocarbonyl (C=S) groups is 1. The first-order valence-electron chi connectivity index (χ1n) is 9.13. The molecule has 2 aromatic carbocycles. The van der Waals surface area contributed by atoms with Crippen molar-refractivity contribution in [3.05, 3.63) is 60.2 Å². The van der Waals surface area contributed by atoms with Crippen molar-refractivity contribution in [1.82, 2.24) is 5.32 Å². The molecule has 0 radical (unpaired) electrons. The third-order valence-electron chi connectivity index (χ3n) is 4.03. The zero-order valence-corrected chi connectivity index (χ0v) is 16.5. The van der Waals surface area contributed by atoms with Gasteiger partial charge in [-0.3, -0.25) is 9.59 Å². The summed E-state index contributed by atoms with van der Waals surface area (Å²) in [6.45, 7) is 4.56. The number of para-hydroxylation sites is 1. The summed E-state index contributed by atoms with van der Waals surface area (Å²) in [5.41, 5.74) is 2.17. The van der Waals surface area contributed by atoms with Gasteiger partial charge < -0.3 is 15.5 Å². The van der Waals surface area contributed by atoms with Crippen molar-refractivity contribution in [2.45, 2.75) is 33.1 Å². The minimum Gasteiger partial charge on any atom is -0.332 e. The van der Waals surface area contributed by atoms with Gasteiger partial charge in [-0.05, 0) is 62.0 Å². The molecule has 0 fully saturated rings. The fourth-order valence-electron chi connectivity index (χ4n) is 2.59. The number of hydrogen-bond donors (Lipinski definition) is 2. The highest BCUT2D eigenvalue weighted by atomic mass is 32.1. The van der Waals surface area contributed by atoms with Crippen LogP contribution in [0.1, 0.15) is 43.5 Å². The second kappa shape index (κ2) is 10.4. The normalized spacial score (nSPS) is 10.1. The van der Waals surface area contributed by atoms with Crippen LogP contribution >= 0.6 is 12.2 Å². The smallest absolute Gasteiger partial charge is 0.258 e. The van der Waals surface area contributed by atoms with E-state index in [0.717, 1.165) is 24.2 Å². The molecule has 0 spiro atoms. The number of benzene rings is 2. The van der Waals surface area contributed by atoms with E-state index >= 15 is 0 Å². The van der Waals surface area contributed by atoms with Gasteiger partial charge in [-0.1, -0.05) is 31.5 Å². The van der Waals surface area contributed by atoms with E-state index in [9.17, 15) is 9.59 Å². The summed E-state index contributed by atoms with van der Waals surface area (Å²) in [5.74, 6) is -0.159. The van der Waals surface area contributed by atoms with Gasteiger partial charge in [0.25, 0.3) is 5.91 Å². The first-order chi connectivity index (χ1) is 13.0. The van der Waals surface area contributed by atoms with Crippen molar-refractivity contribution < 1.29 is 9.59 Å². The Kier molecular flexibility index (Phi) is 7.95. The molecule has 0 aliphatic rings. The number of anilines is 2. The van der Waals surface area contributed by atoms with Gasteiger partial charge in [0.05, 0.1) is 0 Å². The van der Waals surface area contributed by atoms with Crippen LogP contribution in [0.25, 0.3) is 0 Å². The molecule has 0 heterocycles. The van der Waals surface area contributed by atoms with E-state index in [1.54, 1.807) is 29.2 Å². The summed E-state index contributed by atoms with van der Waals surface area (Å²) in [4.78, 5) is 26.2. The van der Waals surface area contributed by atoms with Gasteiger partial charge >= 0.3 is 0 Å². The lowest BCUT2D eigenvalue weighted by Gasteiger charge is -2.21. The van der Waals surface area contributed by atoms with Crippen molar-refractivity contribution in [3.63, 3.8) is 0 Å². The number of amides is 2. The van der Waals surface area contributed by atoms with E-state index in [0.29, 0.717) is 18.5 Å². The van der Waals surface area contributed by atoms with Gasteiger partial charge in [0.1, 0.15) is 0 Å². The van der Waals surface area contributed by atoms with Crippen molar-refractivity contribution in [2.75, 3.05) is 16.8 Å². The molecule has 27 heavy (non-hydrogen) atoms. The molecular formula is C21H25N3O2S. The lowest BCUT2D eigenvalue weighted by Crippen LogP contribution is -2.34. The molecule has 0 bridgehead atoms. The molecule has 0 aliphatic carbocycles. The highest BCUT2D eigenvalue weighted by Gasteiger charge is 2.15. The molecule has 0 unspecified atom stereocenters. The van der Waals surface area contributed by atoms with Crippen LogP contribution in [0.3, 0.4) is 0 Å². The Labute approximate surface area is 165 Å². The predicted molar refractivity (Wildman–Crippen MR) is 114 cm³/mol. The van der Waals surface area contributed by atoms with Crippen molar-refractivity contribution in [3.8, 4) is 0 Å². The topological polar surface area (TPSA) is 61.4 Å². The minimum absolute atomic E-state index is 0.0642. The van der Waals surface area contributed by atoms with Crippen LogP contribution in [0.4, 0.5) is 11.4 Å². The Morgan fingerprint density at radius 3 is 2.26 bits per heavy atom. The molecule has 0 aliphatic heterocycles. The Hall–Kier alpha value is -2.73. The molecule has 0 saturated heterocycles. The second-order valence-electron chi connectivity index (χ2n) is 6.07. The van der Waals surface area contributed by atoms with E-state index in [4.69, 9.17) is 12.2 Å². The maximum atomic E-state index is 12.8. The van der Waals surface area contributed by atoms with E-state index in [2.05, 4.69) is 10.6 Å². The van der Waals surface area contributed by atoms with E-state index in [1.165, 1.54) is 0 Å². The fourth-order valence-corrected chi connectivity index (χ4v) is 2.82. The van der Waals surface area contributed by atoms with Crippen LogP contribution in [0, 0.1) is 0 Å². The lowest BCUT2D eigenvalue weighted by molar-refractivity contribution is -0.119. The van der Waals surface area contributed by atoms with Crippen LogP contribution in [-0.4, -0.2) is 23.5 Å². The van der Waals surface area contributed by atoms with Crippen LogP contribution in [0.15, 0.2) is 54.6 Å². The van der Waals surface area contributed by atoms with Crippen molar-refractivity contribution in [1.29, 1.82) is 0 Å². The Morgan fingerprint density at radius 1 is 1.00 bits per heavy atom. The first kappa shape index (κ1) is 20.6. The summed E-state index contributed by atoms with van der Waals surface area (Å²) in [6.07, 6.45) is 2.25. The van der Waals surface area contributed by atoms with Gasteiger partial charge in [-0.25, -0.2) is 0 Å². The number of hydrogen-bond acceptors (Lipinski definition) is 3. The molecule has 2 N–H and O–H groups in total. The maximum absolute atomic E-state index is 12.8. The molecule has 5 nitrogen and oxygen atoms in total. The number of nitrogens with one attached hydrogen (secondary N) is 2. The summed E-state index contributed by atoms with van der Waals surface area (Å²) in [6, 6.07) is 16.6. The third kappa shape index (κ3) is 6.18. The SMILES string of the molecule is CCCCC(=O)NC(=S)Nc1ccc(C(=O)N(CC)c2ccccc2)cc1. The summed E-state index contributed by atoms with van der Waals surface area (Å²) in [5, 5.41) is 5.88. The summed E-state index contributed by atoms with van der Waals surface area (Å²) < 4.78 is 0. The van der Waals surface area contributed by atoms with Crippen molar-refractivity contribution >= 4 is 40.5 Å². The highest BCUT2D eigenvalue weighted by molar-refractivity contribution is 7.80. The van der Waals surface area contributed by atoms with Crippen LogP contribution in [-0.2, 0) is 4.79 Å². The van der Waals surface area contributed by atoms with Gasteiger partial charge in [0.2, 0.25) is 5.91 Å². The molecule has 6 heteroatoms. The zero-order valence-electron chi connectivity index (χ0n) is 15.7. The van der Waals surface area contributed by atoms with E-state index in [1.807, 2.05) is 44.2 Å². The van der Waals surface area contributed by atoms with Crippen LogP contribution in [0.5, 0.6) is 0 Å².